The number of carbonyl (C=O) groups excluding carboxylic acids is 3. The quantitative estimate of drug-likeness (QED) is 0.135. The molecule has 44 heavy (non-hydrogen) atoms. The Hall–Kier alpha value is -2.87. The number of hydrogen-bond donors (Lipinski definition) is 2. The minimum atomic E-state index is -0.464. The Morgan fingerprint density at radius 1 is 1.14 bits per heavy atom. The van der Waals surface area contributed by atoms with E-state index >= 15 is 0 Å². The third-order valence-corrected chi connectivity index (χ3v) is 8.93. The summed E-state index contributed by atoms with van der Waals surface area (Å²) in [6, 6.07) is 0.180. The molecular formula is C35H54N2O7. The molecule has 2 amide bonds. The molecule has 6 unspecified atom stereocenters. The lowest BCUT2D eigenvalue weighted by molar-refractivity contribution is -0.143. The van der Waals surface area contributed by atoms with Crippen molar-refractivity contribution in [3.05, 3.63) is 41.4 Å². The molecule has 1 saturated carbocycles. The maximum Gasteiger partial charge on any atom is 0.303 e. The van der Waals surface area contributed by atoms with Crippen molar-refractivity contribution in [2.45, 2.75) is 148 Å². The van der Waals surface area contributed by atoms with Crippen molar-refractivity contribution in [3.8, 4) is 0 Å². The fraction of sp³-hybridized carbons (Fsp3) is 0.714. The Kier molecular flexibility index (Phi) is 13.8. The van der Waals surface area contributed by atoms with Crippen LogP contribution in [0.5, 0.6) is 0 Å². The average molecular weight is 615 g/mol. The number of rotatable bonds is 11. The summed E-state index contributed by atoms with van der Waals surface area (Å²) in [5.41, 5.74) is 3.96. The lowest BCUT2D eigenvalue weighted by Gasteiger charge is -2.39. The second kappa shape index (κ2) is 17.0. The van der Waals surface area contributed by atoms with E-state index in [1.807, 2.05) is 19.9 Å². The predicted molar refractivity (Wildman–Crippen MR) is 170 cm³/mol. The molecule has 2 saturated heterocycles. The average Bonchev–Trinajstić information content (AvgIpc) is 2.96. The molecule has 3 aliphatic rings. The molecule has 0 aromatic carbocycles. The van der Waals surface area contributed by atoms with Gasteiger partial charge in [0, 0.05) is 39.0 Å². The van der Waals surface area contributed by atoms with Crippen molar-refractivity contribution < 1.29 is 33.3 Å². The fourth-order valence-corrected chi connectivity index (χ4v) is 6.30. The van der Waals surface area contributed by atoms with Gasteiger partial charge in [0.2, 0.25) is 11.8 Å². The molecule has 246 valence electrons. The highest BCUT2D eigenvalue weighted by atomic mass is 16.5. The number of hydrogen-bond acceptors (Lipinski definition) is 7. The van der Waals surface area contributed by atoms with Crippen molar-refractivity contribution in [1.82, 2.24) is 10.6 Å². The van der Waals surface area contributed by atoms with E-state index in [1.54, 1.807) is 20.1 Å². The van der Waals surface area contributed by atoms with Gasteiger partial charge in [0.1, 0.15) is 18.0 Å². The lowest BCUT2D eigenvalue weighted by atomic mass is 9.88. The highest BCUT2D eigenvalue weighted by Gasteiger charge is 2.37. The maximum atomic E-state index is 12.8. The van der Waals surface area contributed by atoms with E-state index in [4.69, 9.17) is 18.9 Å². The molecule has 1 aliphatic carbocycles. The van der Waals surface area contributed by atoms with Gasteiger partial charge in [0.25, 0.3) is 0 Å². The van der Waals surface area contributed by atoms with Gasteiger partial charge in [0.05, 0.1) is 30.3 Å². The van der Waals surface area contributed by atoms with E-state index in [1.165, 1.54) is 32.3 Å². The monoisotopic (exact) mass is 614 g/mol. The molecule has 2 heterocycles. The zero-order valence-electron chi connectivity index (χ0n) is 27.8. The molecular weight excluding hydrogens is 560 g/mol. The number of esters is 1. The number of allylic oxidation sites excluding steroid dienone is 1. The van der Waals surface area contributed by atoms with Crippen LogP contribution in [0.4, 0.5) is 0 Å². The van der Waals surface area contributed by atoms with Crippen LogP contribution < -0.4 is 10.6 Å². The molecule has 0 radical (unpaired) electrons. The van der Waals surface area contributed by atoms with Crippen LogP contribution in [0.15, 0.2) is 41.4 Å². The SMILES string of the molecule is COC1(C)CC(=C=C/C(C)=C/CC2OC(C)C(NC(=O)/C=C\C(C)OC(C)=O)CC2C)O[C@H](CC(=O)NC2CCCCC2)C1. The van der Waals surface area contributed by atoms with Crippen LogP contribution in [0.2, 0.25) is 0 Å². The summed E-state index contributed by atoms with van der Waals surface area (Å²) < 4.78 is 23.4. The molecule has 0 aromatic heterocycles. The highest BCUT2D eigenvalue weighted by molar-refractivity contribution is 5.87. The van der Waals surface area contributed by atoms with Crippen LogP contribution in [-0.2, 0) is 33.3 Å². The number of nitrogens with one attached hydrogen (secondary N) is 2. The summed E-state index contributed by atoms with van der Waals surface area (Å²) in [5, 5.41) is 6.22. The second-order valence-electron chi connectivity index (χ2n) is 13.2. The Labute approximate surface area is 263 Å². The molecule has 0 aromatic rings. The summed E-state index contributed by atoms with van der Waals surface area (Å²) in [6.07, 6.45) is 15.1. The molecule has 3 rings (SSSR count). The molecule has 3 fully saturated rings. The van der Waals surface area contributed by atoms with Gasteiger partial charge in [-0.3, -0.25) is 14.4 Å². The van der Waals surface area contributed by atoms with Crippen LogP contribution in [0, 0.1) is 5.92 Å². The van der Waals surface area contributed by atoms with E-state index in [-0.39, 0.29) is 54.1 Å². The summed E-state index contributed by atoms with van der Waals surface area (Å²) in [7, 11) is 1.71. The van der Waals surface area contributed by atoms with E-state index in [0.29, 0.717) is 25.0 Å². The predicted octanol–water partition coefficient (Wildman–Crippen LogP) is 5.59. The maximum absolute atomic E-state index is 12.8. The summed E-state index contributed by atoms with van der Waals surface area (Å²) >= 11 is 0. The molecule has 9 heteroatoms. The first-order chi connectivity index (χ1) is 20.9. The number of methoxy groups -OCH3 is 1. The van der Waals surface area contributed by atoms with E-state index < -0.39 is 11.7 Å². The van der Waals surface area contributed by atoms with Gasteiger partial charge in [-0.2, -0.15) is 0 Å². The van der Waals surface area contributed by atoms with Crippen LogP contribution >= 0.6 is 0 Å². The molecule has 0 bridgehead atoms. The third-order valence-electron chi connectivity index (χ3n) is 8.93. The van der Waals surface area contributed by atoms with Gasteiger partial charge in [-0.1, -0.05) is 38.0 Å². The minimum absolute atomic E-state index is 0.0310. The van der Waals surface area contributed by atoms with Crippen molar-refractivity contribution >= 4 is 17.8 Å². The van der Waals surface area contributed by atoms with Crippen molar-refractivity contribution in [2.75, 3.05) is 7.11 Å². The molecule has 9 nitrogen and oxygen atoms in total. The zero-order chi connectivity index (χ0) is 32.3. The van der Waals surface area contributed by atoms with Crippen LogP contribution in [-0.4, -0.2) is 67.0 Å². The van der Waals surface area contributed by atoms with Gasteiger partial charge in [-0.05, 0) is 77.0 Å². The highest BCUT2D eigenvalue weighted by Crippen LogP contribution is 2.34. The van der Waals surface area contributed by atoms with Crippen LogP contribution in [0.3, 0.4) is 0 Å². The third kappa shape index (κ3) is 11.9. The Morgan fingerprint density at radius 2 is 1.86 bits per heavy atom. The Balaban J connectivity index is 1.53. The molecule has 7 atom stereocenters. The van der Waals surface area contributed by atoms with Crippen LogP contribution in [0.25, 0.3) is 0 Å². The first-order valence-corrected chi connectivity index (χ1v) is 16.3. The largest absolute Gasteiger partial charge is 0.486 e. The van der Waals surface area contributed by atoms with Gasteiger partial charge in [-0.15, -0.1) is 0 Å². The van der Waals surface area contributed by atoms with Gasteiger partial charge < -0.3 is 29.6 Å². The van der Waals surface area contributed by atoms with E-state index in [2.05, 4.69) is 36.3 Å². The van der Waals surface area contributed by atoms with E-state index in [0.717, 1.165) is 31.3 Å². The fourth-order valence-electron chi connectivity index (χ4n) is 6.30. The van der Waals surface area contributed by atoms with Crippen LogP contribution in [0.1, 0.15) is 106 Å². The zero-order valence-corrected chi connectivity index (χ0v) is 27.8. The summed E-state index contributed by atoms with van der Waals surface area (Å²) in [5.74, 6) is 0.380. The second-order valence-corrected chi connectivity index (χ2v) is 13.2. The normalized spacial score (nSPS) is 30.6. The van der Waals surface area contributed by atoms with Gasteiger partial charge in [0.15, 0.2) is 0 Å². The van der Waals surface area contributed by atoms with Crippen molar-refractivity contribution in [1.29, 1.82) is 0 Å². The van der Waals surface area contributed by atoms with Gasteiger partial charge >= 0.3 is 5.97 Å². The summed E-state index contributed by atoms with van der Waals surface area (Å²) in [6.45, 7) is 11.3. The smallest absolute Gasteiger partial charge is 0.303 e. The first kappa shape index (κ1) is 35.6. The van der Waals surface area contributed by atoms with E-state index in [9.17, 15) is 14.4 Å². The Bertz CT molecular complexity index is 1120. The summed E-state index contributed by atoms with van der Waals surface area (Å²) in [4.78, 5) is 36.2. The molecule has 2 aliphatic heterocycles. The first-order valence-electron chi connectivity index (χ1n) is 16.3. The standard InChI is InChI=1S/C35H54N2O7/c1-23(14-17-32-24(2)19-31(26(4)43-32)37-33(39)18-15-25(3)42-27(5)38)13-16-29-21-35(6,41-7)22-30(44-29)20-34(40)36-28-11-9-8-10-12-28/h13-15,18,24-26,28,30-32H,8-12,17,19-22H2,1-7H3,(H,36,40)(H,37,39)/b18-15-,23-14+/t16?,24?,25?,26?,30-,31?,32?,35?/m1/s1. The van der Waals surface area contributed by atoms with Gasteiger partial charge in [-0.25, -0.2) is 0 Å². The van der Waals surface area contributed by atoms with Crippen molar-refractivity contribution in [2.24, 2.45) is 5.92 Å². The Morgan fingerprint density at radius 3 is 2.55 bits per heavy atom. The minimum Gasteiger partial charge on any atom is -0.486 e. The van der Waals surface area contributed by atoms with Crippen molar-refractivity contribution in [3.63, 3.8) is 0 Å². The molecule has 0 spiro atoms. The number of ether oxygens (including phenoxy) is 4. The topological polar surface area (TPSA) is 112 Å². The molecule has 2 N–H and O–H groups in total. The number of amides is 2. The number of carbonyl (C=O) groups is 3. The lowest BCUT2D eigenvalue weighted by Crippen LogP contribution is -2.50.